The minimum Gasteiger partial charge on any atom is -0.496 e. The molecule has 0 aliphatic carbocycles. The third-order valence-electron chi connectivity index (χ3n) is 5.94. The van der Waals surface area contributed by atoms with E-state index in [1.165, 1.54) is 11.8 Å². The minimum absolute atomic E-state index is 0.0845. The second kappa shape index (κ2) is 11.4. The van der Waals surface area contributed by atoms with Crippen LogP contribution in [0.2, 0.25) is 0 Å². The van der Waals surface area contributed by atoms with Crippen LogP contribution in [-0.4, -0.2) is 59.6 Å². The van der Waals surface area contributed by atoms with Crippen LogP contribution >= 0.6 is 11.8 Å². The number of methoxy groups -OCH3 is 2. The van der Waals surface area contributed by atoms with Crippen molar-refractivity contribution in [1.82, 2.24) is 20.0 Å². The highest BCUT2D eigenvalue weighted by Gasteiger charge is 2.39. The molecule has 2 aromatic carbocycles. The lowest BCUT2D eigenvalue weighted by Gasteiger charge is -2.29. The molecule has 1 aliphatic rings. The number of nitrogens with one attached hydrogen (secondary N) is 1. The average Bonchev–Trinajstić information content (AvgIpc) is 3.13. The van der Waals surface area contributed by atoms with E-state index in [2.05, 4.69) is 5.32 Å². The largest absolute Gasteiger partial charge is 0.496 e. The highest BCUT2D eigenvalue weighted by Crippen LogP contribution is 2.39. The summed E-state index contributed by atoms with van der Waals surface area (Å²) in [5, 5.41) is 8.62. The first-order valence-corrected chi connectivity index (χ1v) is 12.5. The molecule has 1 unspecified atom stereocenters. The lowest BCUT2D eigenvalue weighted by atomic mass is 10.0. The predicted octanol–water partition coefficient (Wildman–Crippen LogP) is 3.52. The highest BCUT2D eigenvalue weighted by atomic mass is 32.2. The Kier molecular flexibility index (Phi) is 8.09. The van der Waals surface area contributed by atoms with Gasteiger partial charge < -0.3 is 19.7 Å². The number of para-hydroxylation sites is 2. The Bertz CT molecular complexity index is 1180. The van der Waals surface area contributed by atoms with Crippen molar-refractivity contribution >= 4 is 23.6 Å². The zero-order valence-electron chi connectivity index (χ0n) is 20.2. The van der Waals surface area contributed by atoms with Gasteiger partial charge in [-0.3, -0.25) is 9.59 Å². The summed E-state index contributed by atoms with van der Waals surface area (Å²) in [7, 11) is 3.23. The molecule has 3 aromatic rings. The highest BCUT2D eigenvalue weighted by molar-refractivity contribution is 8.00. The van der Waals surface area contributed by atoms with E-state index in [0.29, 0.717) is 25.3 Å². The number of carbonyl (C=O) groups is 2. The Labute approximate surface area is 209 Å². The van der Waals surface area contributed by atoms with Crippen LogP contribution in [0, 0.1) is 6.92 Å². The van der Waals surface area contributed by atoms with Gasteiger partial charge in [0, 0.05) is 37.9 Å². The molecule has 0 saturated heterocycles. The van der Waals surface area contributed by atoms with E-state index in [9.17, 15) is 9.59 Å². The molecule has 1 N–H and O–H groups in total. The second-order valence-corrected chi connectivity index (χ2v) is 9.17. The van der Waals surface area contributed by atoms with Gasteiger partial charge in [0.25, 0.3) is 0 Å². The summed E-state index contributed by atoms with van der Waals surface area (Å²) in [5.41, 5.74) is 3.23. The van der Waals surface area contributed by atoms with E-state index < -0.39 is 6.04 Å². The fraction of sp³-hybridized carbons (Fsp3) is 0.346. The van der Waals surface area contributed by atoms with Crippen molar-refractivity contribution in [1.29, 1.82) is 0 Å². The summed E-state index contributed by atoms with van der Waals surface area (Å²) < 4.78 is 12.5. The molecule has 1 atom stereocenters. The number of carbonyl (C=O) groups excluding carboxylic acids is 2. The van der Waals surface area contributed by atoms with E-state index in [1.54, 1.807) is 19.1 Å². The van der Waals surface area contributed by atoms with Gasteiger partial charge in [0.05, 0.1) is 24.2 Å². The Hall–Kier alpha value is -3.30. The average molecular weight is 495 g/mol. The van der Waals surface area contributed by atoms with Gasteiger partial charge in [-0.15, -0.1) is 0 Å². The second-order valence-electron chi connectivity index (χ2n) is 8.21. The smallest absolute Gasteiger partial charge is 0.247 e. The number of fused-ring (bicyclic) bond motifs is 1. The van der Waals surface area contributed by atoms with Crippen LogP contribution in [0.4, 0.5) is 0 Å². The maximum absolute atomic E-state index is 13.7. The molecule has 0 saturated carbocycles. The molecule has 0 radical (unpaired) electrons. The first-order valence-electron chi connectivity index (χ1n) is 11.5. The van der Waals surface area contributed by atoms with Gasteiger partial charge in [0.1, 0.15) is 16.8 Å². The quantitative estimate of drug-likeness (QED) is 0.458. The minimum atomic E-state index is -0.795. The number of nitrogens with zero attached hydrogens (tertiary/aromatic N) is 3. The number of ether oxygens (including phenoxy) is 2. The molecule has 8 nitrogen and oxygen atoms in total. The van der Waals surface area contributed by atoms with Crippen molar-refractivity contribution < 1.29 is 19.1 Å². The summed E-state index contributed by atoms with van der Waals surface area (Å²) in [6.07, 6.45) is 0.629. The number of aromatic nitrogens is 2. The van der Waals surface area contributed by atoms with Crippen LogP contribution in [0.1, 0.15) is 29.3 Å². The van der Waals surface area contributed by atoms with Gasteiger partial charge in [0.2, 0.25) is 11.8 Å². The van der Waals surface area contributed by atoms with E-state index in [0.717, 1.165) is 27.5 Å². The lowest BCUT2D eigenvalue weighted by molar-refractivity contribution is -0.139. The van der Waals surface area contributed by atoms with Crippen LogP contribution in [0.25, 0.3) is 5.69 Å². The third kappa shape index (κ3) is 5.36. The number of hydrogen-bond acceptors (Lipinski definition) is 6. The molecule has 0 spiro atoms. The molecule has 9 heteroatoms. The van der Waals surface area contributed by atoms with Crippen molar-refractivity contribution in [3.05, 3.63) is 71.4 Å². The molecule has 2 heterocycles. The Morgan fingerprint density at radius 3 is 2.63 bits per heavy atom. The predicted molar refractivity (Wildman–Crippen MR) is 135 cm³/mol. The Morgan fingerprint density at radius 2 is 1.89 bits per heavy atom. The maximum atomic E-state index is 13.7. The van der Waals surface area contributed by atoms with E-state index in [-0.39, 0.29) is 24.1 Å². The number of rotatable bonds is 9. The Balaban J connectivity index is 1.72. The fourth-order valence-corrected chi connectivity index (χ4v) is 5.37. The summed E-state index contributed by atoms with van der Waals surface area (Å²) in [4.78, 5) is 28.7. The molecule has 1 aromatic heterocycles. The molecule has 1 aliphatic heterocycles. The van der Waals surface area contributed by atoms with E-state index >= 15 is 0 Å². The van der Waals surface area contributed by atoms with Crippen molar-refractivity contribution in [2.24, 2.45) is 0 Å². The van der Waals surface area contributed by atoms with Gasteiger partial charge >= 0.3 is 0 Å². The lowest BCUT2D eigenvalue weighted by Crippen LogP contribution is -2.44. The van der Waals surface area contributed by atoms with Crippen molar-refractivity contribution in [2.75, 3.05) is 33.1 Å². The van der Waals surface area contributed by atoms with Gasteiger partial charge in [-0.1, -0.05) is 48.2 Å². The third-order valence-corrected chi connectivity index (χ3v) is 7.00. The molecule has 0 fully saturated rings. The van der Waals surface area contributed by atoms with E-state index in [4.69, 9.17) is 14.6 Å². The standard InChI is InChI=1S/C26H30N4O4S/c1-18-23-24(25(32)27-16-19-10-7-8-13-21(19)34-3)29(14-9-15-33-2)22(31)17-35-26(23)30(28-18)20-11-5-4-6-12-20/h4-8,10-13,24H,9,14-17H2,1-3H3,(H,27,32). The maximum Gasteiger partial charge on any atom is 0.247 e. The molecule has 2 amide bonds. The van der Waals surface area contributed by atoms with Crippen LogP contribution in [0.3, 0.4) is 0 Å². The summed E-state index contributed by atoms with van der Waals surface area (Å²) >= 11 is 1.42. The van der Waals surface area contributed by atoms with Gasteiger partial charge in [-0.2, -0.15) is 5.10 Å². The zero-order chi connectivity index (χ0) is 24.8. The Morgan fingerprint density at radius 1 is 1.14 bits per heavy atom. The topological polar surface area (TPSA) is 85.7 Å². The van der Waals surface area contributed by atoms with Gasteiger partial charge in [-0.25, -0.2) is 4.68 Å². The monoisotopic (exact) mass is 494 g/mol. The van der Waals surface area contributed by atoms with Gasteiger partial charge in [-0.05, 0) is 31.5 Å². The SMILES string of the molecule is COCCCN1C(=O)CSc2c(c(C)nn2-c2ccccc2)C1C(=O)NCc1ccccc1OC. The number of thioether (sulfide) groups is 1. The molecule has 0 bridgehead atoms. The van der Waals surface area contributed by atoms with Crippen LogP contribution < -0.4 is 10.1 Å². The number of hydrogen-bond donors (Lipinski definition) is 1. The zero-order valence-corrected chi connectivity index (χ0v) is 21.0. The van der Waals surface area contributed by atoms with E-state index in [1.807, 2.05) is 66.2 Å². The summed E-state index contributed by atoms with van der Waals surface area (Å²) in [6, 6.07) is 16.5. The molecule has 35 heavy (non-hydrogen) atoms. The van der Waals surface area contributed by atoms with Crippen molar-refractivity contribution in [2.45, 2.75) is 31.0 Å². The molecular formula is C26H30N4O4S. The normalized spacial score (nSPS) is 15.5. The summed E-state index contributed by atoms with van der Waals surface area (Å²) in [6.45, 7) is 3.09. The van der Waals surface area contributed by atoms with Crippen molar-refractivity contribution in [3.8, 4) is 11.4 Å². The first kappa shape index (κ1) is 24.8. The number of benzene rings is 2. The fourth-order valence-electron chi connectivity index (χ4n) is 4.26. The molecule has 4 rings (SSSR count). The molecule has 184 valence electrons. The number of aryl methyl sites for hydroxylation is 1. The number of amides is 2. The van der Waals surface area contributed by atoms with Crippen LogP contribution in [-0.2, 0) is 20.9 Å². The van der Waals surface area contributed by atoms with Crippen LogP contribution in [0.15, 0.2) is 59.6 Å². The van der Waals surface area contributed by atoms with Crippen LogP contribution in [0.5, 0.6) is 5.75 Å². The summed E-state index contributed by atoms with van der Waals surface area (Å²) in [5.74, 6) is 0.597. The molecular weight excluding hydrogens is 464 g/mol. The first-order chi connectivity index (χ1) is 17.0. The van der Waals surface area contributed by atoms with Gasteiger partial charge in [0.15, 0.2) is 0 Å². The van der Waals surface area contributed by atoms with Crippen molar-refractivity contribution in [3.63, 3.8) is 0 Å².